The van der Waals surface area contributed by atoms with Gasteiger partial charge >= 0.3 is 0 Å². The predicted molar refractivity (Wildman–Crippen MR) is 268 cm³/mol. The monoisotopic (exact) mass is 975 g/mol. The summed E-state index contributed by atoms with van der Waals surface area (Å²) in [5.41, 5.74) is 2.35. The van der Waals surface area contributed by atoms with E-state index in [-0.39, 0.29) is 47.0 Å². The largest absolute Gasteiger partial charge is 0.490 e. The zero-order valence-electron chi connectivity index (χ0n) is 39.3. The minimum absolute atomic E-state index is 0.00715. The van der Waals surface area contributed by atoms with Gasteiger partial charge in [-0.15, -0.1) is 11.3 Å². The highest BCUT2D eigenvalue weighted by Crippen LogP contribution is 2.43. The lowest BCUT2D eigenvalue weighted by Crippen LogP contribution is -2.44. The van der Waals surface area contributed by atoms with Crippen molar-refractivity contribution in [3.8, 4) is 27.6 Å². The molecule has 0 bridgehead atoms. The van der Waals surface area contributed by atoms with Gasteiger partial charge in [0.1, 0.15) is 29.0 Å². The van der Waals surface area contributed by atoms with Gasteiger partial charge in [0.05, 0.1) is 21.3 Å². The van der Waals surface area contributed by atoms with Gasteiger partial charge in [0.2, 0.25) is 27.8 Å². The van der Waals surface area contributed by atoms with Crippen molar-refractivity contribution in [1.82, 2.24) is 29.7 Å². The van der Waals surface area contributed by atoms with Crippen LogP contribution in [0.3, 0.4) is 0 Å². The number of nitrogens with two attached hydrogens (primary N) is 1. The number of ether oxygens (including phenoxy) is 1. The number of amides is 2. The molecule has 3 aromatic heterocycles. The average molecular weight is 976 g/mol. The first kappa shape index (κ1) is 48.0. The van der Waals surface area contributed by atoms with Crippen LogP contribution >= 0.6 is 11.3 Å². The number of sulfonamides is 1. The second kappa shape index (κ2) is 19.7. The van der Waals surface area contributed by atoms with Crippen molar-refractivity contribution in [3.63, 3.8) is 0 Å². The summed E-state index contributed by atoms with van der Waals surface area (Å²) in [6.45, 7) is 12.6. The average Bonchev–Trinajstić information content (AvgIpc) is 3.78. The third-order valence-electron chi connectivity index (χ3n) is 13.4. The van der Waals surface area contributed by atoms with E-state index in [1.807, 2.05) is 63.2 Å². The van der Waals surface area contributed by atoms with Crippen molar-refractivity contribution in [1.29, 1.82) is 0 Å². The Bertz CT molecular complexity index is 3070. The Hall–Kier alpha value is -6.08. The molecule has 3 fully saturated rings. The second-order valence-electron chi connectivity index (χ2n) is 19.4. The molecule has 9 rings (SSSR count). The van der Waals surface area contributed by atoms with Crippen LogP contribution in [0.5, 0.6) is 5.75 Å². The molecular weight excluding hydrogens is 918 g/mol. The lowest BCUT2D eigenvalue weighted by molar-refractivity contribution is -0.135. The molecule has 0 spiro atoms. The van der Waals surface area contributed by atoms with Crippen LogP contribution < -0.4 is 31.0 Å². The Morgan fingerprint density at radius 1 is 0.942 bits per heavy atom. The third-order valence-corrected chi connectivity index (χ3v) is 16.3. The van der Waals surface area contributed by atoms with Crippen molar-refractivity contribution in [2.75, 3.05) is 42.9 Å². The summed E-state index contributed by atoms with van der Waals surface area (Å²) in [7, 11) is -4.06. The minimum Gasteiger partial charge on any atom is -0.490 e. The van der Waals surface area contributed by atoms with E-state index >= 15 is 4.39 Å². The summed E-state index contributed by atoms with van der Waals surface area (Å²) in [4.78, 5) is 57.3. The summed E-state index contributed by atoms with van der Waals surface area (Å²) >= 11 is 1.41. The number of nitrogens with one attached hydrogen (secondary N) is 2. The number of primary sulfonamides is 1. The molecule has 0 radical (unpaired) electrons. The number of pyridine rings is 1. The van der Waals surface area contributed by atoms with E-state index < -0.39 is 33.0 Å². The molecule has 3 aliphatic heterocycles. The smallest absolute Gasteiger partial charge is 0.259 e. The van der Waals surface area contributed by atoms with Crippen LogP contribution in [-0.4, -0.2) is 83.5 Å². The number of carbonyl (C=O) groups excluding carboxylic acids is 2. The number of benzene rings is 3. The normalized spacial score (nSPS) is 18.3. The van der Waals surface area contributed by atoms with E-state index in [4.69, 9.17) is 19.8 Å². The molecule has 0 aliphatic carbocycles. The molecule has 6 aromatic rings. The third kappa shape index (κ3) is 10.6. The van der Waals surface area contributed by atoms with Gasteiger partial charge in [-0.3, -0.25) is 19.7 Å². The van der Waals surface area contributed by atoms with Gasteiger partial charge < -0.3 is 24.4 Å². The number of likely N-dealkylation sites (tertiary alicyclic amines) is 1. The van der Waals surface area contributed by atoms with Crippen LogP contribution in [0.1, 0.15) is 94.5 Å². The Kier molecular flexibility index (Phi) is 13.7. The number of hydrogen-bond donors (Lipinski definition) is 3. The fourth-order valence-corrected chi connectivity index (χ4v) is 11.8. The lowest BCUT2D eigenvalue weighted by atomic mass is 9.94. The van der Waals surface area contributed by atoms with Crippen LogP contribution in [0.15, 0.2) is 90.0 Å². The highest BCUT2D eigenvalue weighted by atomic mass is 32.2. The highest BCUT2D eigenvalue weighted by Gasteiger charge is 2.32. The minimum atomic E-state index is -4.06. The SMILES string of the molecule is CCC(c1cccc(-c2nc(C(C)(C)C)sc2-c2ccnc(Nc3cccc(OC4CCN(CC5CCN(c6ccc7c(=O)n(C8CCC(=O)NC8=O)ccc7c6)CC5)CC4)c3)n2)c1F)S(N)(=O)=O. The van der Waals surface area contributed by atoms with E-state index in [0.717, 1.165) is 85.9 Å². The van der Waals surface area contributed by atoms with Gasteiger partial charge in [0.25, 0.3) is 5.56 Å². The molecule has 3 aromatic carbocycles. The number of hydrogen-bond acceptors (Lipinski definition) is 13. The number of rotatable bonds is 13. The van der Waals surface area contributed by atoms with Crippen LogP contribution in [0.2, 0.25) is 0 Å². The predicted octanol–water partition coefficient (Wildman–Crippen LogP) is 8.24. The number of imide groups is 1. The molecule has 69 heavy (non-hydrogen) atoms. The first-order chi connectivity index (χ1) is 33.0. The Labute approximate surface area is 405 Å². The molecule has 2 atom stereocenters. The molecule has 3 aliphatic rings. The lowest BCUT2D eigenvalue weighted by Gasteiger charge is -2.38. The topological polar surface area (TPSA) is 195 Å². The molecular formula is C51H58FN9O6S2. The maximum absolute atomic E-state index is 16.3. The zero-order chi connectivity index (χ0) is 48.6. The van der Waals surface area contributed by atoms with E-state index in [0.29, 0.717) is 39.9 Å². The first-order valence-electron chi connectivity index (χ1n) is 23.7. The number of nitrogens with zero attached hydrogens (tertiary/aromatic N) is 6. The summed E-state index contributed by atoms with van der Waals surface area (Å²) in [6.07, 6.45) is 8.04. The molecule has 18 heteroatoms. The van der Waals surface area contributed by atoms with E-state index in [1.165, 1.54) is 22.0 Å². The highest BCUT2D eigenvalue weighted by molar-refractivity contribution is 7.89. The van der Waals surface area contributed by atoms with E-state index in [9.17, 15) is 22.8 Å². The van der Waals surface area contributed by atoms with Crippen LogP contribution in [-0.2, 0) is 25.0 Å². The zero-order valence-corrected chi connectivity index (χ0v) is 40.9. The Morgan fingerprint density at radius 3 is 2.43 bits per heavy atom. The van der Waals surface area contributed by atoms with Gasteiger partial charge in [0.15, 0.2) is 0 Å². The number of fused-ring (bicyclic) bond motifs is 1. The van der Waals surface area contributed by atoms with Crippen LogP contribution in [0.4, 0.5) is 21.7 Å². The fourth-order valence-electron chi connectivity index (χ4n) is 9.71. The van der Waals surface area contributed by atoms with Crippen LogP contribution in [0.25, 0.3) is 32.6 Å². The Balaban J connectivity index is 0.791. The molecule has 2 unspecified atom stereocenters. The summed E-state index contributed by atoms with van der Waals surface area (Å²) in [6, 6.07) is 21.3. The Morgan fingerprint density at radius 2 is 1.71 bits per heavy atom. The van der Waals surface area contributed by atoms with Crippen molar-refractivity contribution in [3.05, 3.63) is 112 Å². The molecule has 4 N–H and O–H groups in total. The number of halogens is 1. The second-order valence-corrected chi connectivity index (χ2v) is 22.1. The number of carbonyl (C=O) groups is 2. The molecule has 15 nitrogen and oxygen atoms in total. The summed E-state index contributed by atoms with van der Waals surface area (Å²) < 4.78 is 49.2. The number of piperidine rings is 3. The van der Waals surface area contributed by atoms with Gasteiger partial charge in [-0.2, -0.15) is 0 Å². The number of anilines is 3. The van der Waals surface area contributed by atoms with Crippen molar-refractivity contribution in [2.24, 2.45) is 11.1 Å². The summed E-state index contributed by atoms with van der Waals surface area (Å²) in [5, 5.41) is 12.2. The van der Waals surface area contributed by atoms with Gasteiger partial charge in [0, 0.05) is 90.9 Å². The molecule has 0 saturated carbocycles. The van der Waals surface area contributed by atoms with Gasteiger partial charge in [-0.25, -0.2) is 32.9 Å². The first-order valence-corrected chi connectivity index (χ1v) is 26.1. The molecule has 362 valence electrons. The number of thiazole rings is 1. The van der Waals surface area contributed by atoms with Crippen molar-refractivity contribution < 1.29 is 27.1 Å². The van der Waals surface area contributed by atoms with Gasteiger partial charge in [-0.05, 0) is 98.4 Å². The maximum Gasteiger partial charge on any atom is 0.259 e. The molecule has 6 heterocycles. The van der Waals surface area contributed by atoms with Crippen LogP contribution in [0, 0.1) is 11.7 Å². The summed E-state index contributed by atoms with van der Waals surface area (Å²) in [5.74, 6) is 0.262. The quantitative estimate of drug-likeness (QED) is 0.0940. The van der Waals surface area contributed by atoms with Crippen molar-refractivity contribution >= 4 is 61.3 Å². The maximum atomic E-state index is 16.3. The van der Waals surface area contributed by atoms with E-state index in [1.54, 1.807) is 37.5 Å². The standard InChI is InChI=1S/C51H58FN9O6S2/c1-5-42(69(53,65)66)38-10-7-11-39(44(38)52)45-46(68-49(58-45)51(2,3)4)40-16-22-54-50(56-40)55-33-8-6-9-36(29-33)67-35-20-23-59(24-21-35)30-31-17-25-60(26-18-31)34-12-13-37-32(28-34)19-27-61(48(37)64)41-14-15-43(62)57-47(41)63/h6-13,16,19,22,27-29,31,35,41-42H,5,14-15,17-18,20-21,23-26,30H2,1-4H3,(H2,53,65,66)(H,54,55,56)(H,57,62,63). The number of aromatic nitrogens is 4. The molecule has 3 saturated heterocycles. The molecule has 2 amide bonds. The van der Waals surface area contributed by atoms with Gasteiger partial charge in [-0.1, -0.05) is 45.9 Å². The van der Waals surface area contributed by atoms with Crippen molar-refractivity contribution in [2.45, 2.75) is 95.5 Å². The fraction of sp³-hybridized carbons (Fsp3) is 0.412. The van der Waals surface area contributed by atoms with E-state index in [2.05, 4.69) is 31.5 Å².